The van der Waals surface area contributed by atoms with E-state index in [0.29, 0.717) is 19.4 Å². The van der Waals surface area contributed by atoms with E-state index in [0.717, 1.165) is 51.4 Å². The molecule has 3 N–H and O–H groups in total. The highest BCUT2D eigenvalue weighted by Gasteiger charge is 2.18. The van der Waals surface area contributed by atoms with Gasteiger partial charge in [0.1, 0.15) is 0 Å². The maximum Gasteiger partial charge on any atom is 0.305 e. The number of carbonyl (C=O) groups is 2. The summed E-state index contributed by atoms with van der Waals surface area (Å²) in [6.07, 6.45) is 73.6. The van der Waals surface area contributed by atoms with Crippen molar-refractivity contribution < 1.29 is 24.5 Å². The zero-order chi connectivity index (χ0) is 50.7. The zero-order valence-electron chi connectivity index (χ0n) is 47.3. The van der Waals surface area contributed by atoms with Crippen molar-refractivity contribution in [3.8, 4) is 0 Å². The first-order valence-corrected chi connectivity index (χ1v) is 31.6. The minimum absolute atomic E-state index is 0.00524. The number of ether oxygens (including phenoxy) is 1. The molecule has 0 saturated heterocycles. The minimum Gasteiger partial charge on any atom is -0.466 e. The Morgan fingerprint density at radius 2 is 0.671 bits per heavy atom. The number of rotatable bonds is 59. The van der Waals surface area contributed by atoms with Gasteiger partial charge in [-0.05, 0) is 57.8 Å². The van der Waals surface area contributed by atoms with E-state index >= 15 is 0 Å². The summed E-state index contributed by atoms with van der Waals surface area (Å²) < 4.78 is 5.47. The third-order valence-electron chi connectivity index (χ3n) is 14.7. The maximum atomic E-state index is 12.5. The van der Waals surface area contributed by atoms with Crippen LogP contribution < -0.4 is 5.32 Å². The monoisotopic (exact) mass is 986 g/mol. The Bertz CT molecular complexity index is 1090. The molecule has 6 heteroatoms. The molecule has 70 heavy (non-hydrogen) atoms. The Morgan fingerprint density at radius 1 is 0.386 bits per heavy atom. The van der Waals surface area contributed by atoms with Gasteiger partial charge in [0, 0.05) is 12.8 Å². The van der Waals surface area contributed by atoms with Crippen LogP contribution in [0.5, 0.6) is 0 Å². The quantitative estimate of drug-likeness (QED) is 0.0321. The van der Waals surface area contributed by atoms with Crippen LogP contribution in [0.25, 0.3) is 0 Å². The van der Waals surface area contributed by atoms with Crippen molar-refractivity contribution in [2.45, 2.75) is 360 Å². The van der Waals surface area contributed by atoms with Crippen molar-refractivity contribution in [1.82, 2.24) is 5.32 Å². The number of carbonyl (C=O) groups excluding carboxylic acids is 2. The number of hydrogen-bond donors (Lipinski definition) is 3. The number of aliphatic hydroxyl groups excluding tert-OH is 2. The van der Waals surface area contributed by atoms with Crippen molar-refractivity contribution in [1.29, 1.82) is 0 Å². The Hall–Kier alpha value is -1.66. The normalized spacial score (nSPS) is 12.7. The molecule has 0 heterocycles. The predicted molar refractivity (Wildman–Crippen MR) is 306 cm³/mol. The van der Waals surface area contributed by atoms with E-state index in [-0.39, 0.29) is 18.5 Å². The average molecular weight is 987 g/mol. The molecule has 2 atom stereocenters. The maximum absolute atomic E-state index is 12.5. The van der Waals surface area contributed by atoms with Crippen LogP contribution in [0, 0.1) is 0 Å². The fraction of sp³-hybridized carbons (Fsp3) is 0.906. The van der Waals surface area contributed by atoms with Crippen molar-refractivity contribution in [2.75, 3.05) is 13.2 Å². The summed E-state index contributed by atoms with van der Waals surface area (Å²) in [5, 5.41) is 23.2. The summed E-state index contributed by atoms with van der Waals surface area (Å²) in [6.45, 7) is 4.92. The van der Waals surface area contributed by atoms with Crippen LogP contribution >= 0.6 is 0 Å². The van der Waals surface area contributed by atoms with E-state index in [1.165, 1.54) is 270 Å². The highest BCUT2D eigenvalue weighted by atomic mass is 16.5. The molecule has 0 aliphatic rings. The fourth-order valence-electron chi connectivity index (χ4n) is 9.87. The molecule has 0 bridgehead atoms. The van der Waals surface area contributed by atoms with Gasteiger partial charge in [-0.15, -0.1) is 0 Å². The van der Waals surface area contributed by atoms with Crippen molar-refractivity contribution in [2.24, 2.45) is 0 Å². The van der Waals surface area contributed by atoms with E-state index < -0.39 is 12.1 Å². The lowest BCUT2D eigenvalue weighted by Gasteiger charge is -2.20. The molecule has 2 unspecified atom stereocenters. The predicted octanol–water partition coefficient (Wildman–Crippen LogP) is 19.8. The second-order valence-electron chi connectivity index (χ2n) is 21.7. The second kappa shape index (κ2) is 59.9. The third-order valence-corrected chi connectivity index (χ3v) is 14.7. The van der Waals surface area contributed by atoms with Gasteiger partial charge in [0.15, 0.2) is 0 Å². The summed E-state index contributed by atoms with van der Waals surface area (Å²) >= 11 is 0. The van der Waals surface area contributed by atoms with Crippen molar-refractivity contribution in [3.05, 3.63) is 24.3 Å². The van der Waals surface area contributed by atoms with Gasteiger partial charge in [-0.1, -0.05) is 301 Å². The lowest BCUT2D eigenvalue weighted by molar-refractivity contribution is -0.143. The first kappa shape index (κ1) is 68.3. The first-order chi connectivity index (χ1) is 34.5. The Balaban J connectivity index is 3.47. The summed E-state index contributed by atoms with van der Waals surface area (Å²) in [6, 6.07) is -0.635. The molecule has 0 saturated carbocycles. The molecule has 0 aromatic carbocycles. The van der Waals surface area contributed by atoms with Crippen LogP contribution in [0.3, 0.4) is 0 Å². The number of amides is 1. The molecule has 414 valence electrons. The van der Waals surface area contributed by atoms with Crippen molar-refractivity contribution in [3.63, 3.8) is 0 Å². The molecule has 0 rings (SSSR count). The van der Waals surface area contributed by atoms with Gasteiger partial charge in [-0.25, -0.2) is 0 Å². The number of esters is 1. The number of nitrogens with one attached hydrogen (secondary N) is 1. The Labute approximate surface area is 437 Å². The topological polar surface area (TPSA) is 95.9 Å². The largest absolute Gasteiger partial charge is 0.466 e. The molecule has 0 spiro atoms. The van der Waals surface area contributed by atoms with Crippen LogP contribution in [0.1, 0.15) is 348 Å². The molecule has 0 fully saturated rings. The molecular formula is C64H123NO5. The molecule has 0 aromatic rings. The summed E-state index contributed by atoms with van der Waals surface area (Å²) in [4.78, 5) is 24.5. The molecule has 1 amide bonds. The molecular weight excluding hydrogens is 863 g/mol. The van der Waals surface area contributed by atoms with Gasteiger partial charge in [0.25, 0.3) is 0 Å². The first-order valence-electron chi connectivity index (χ1n) is 31.6. The Morgan fingerprint density at radius 3 is 1.01 bits per heavy atom. The smallest absolute Gasteiger partial charge is 0.305 e. The van der Waals surface area contributed by atoms with E-state index in [1.54, 1.807) is 6.08 Å². The third kappa shape index (κ3) is 55.7. The average Bonchev–Trinajstić information content (AvgIpc) is 3.36. The fourth-order valence-corrected chi connectivity index (χ4v) is 9.87. The van der Waals surface area contributed by atoms with Crippen LogP contribution in [0.15, 0.2) is 24.3 Å². The lowest BCUT2D eigenvalue weighted by atomic mass is 10.0. The van der Waals surface area contributed by atoms with Gasteiger partial charge < -0.3 is 20.3 Å². The summed E-state index contributed by atoms with van der Waals surface area (Å²) in [5.41, 5.74) is 0. The number of allylic oxidation sites excluding steroid dienone is 3. The highest BCUT2D eigenvalue weighted by Crippen LogP contribution is 2.17. The molecule has 0 radical (unpaired) electrons. The summed E-state index contributed by atoms with van der Waals surface area (Å²) in [5.74, 6) is -0.0691. The van der Waals surface area contributed by atoms with Gasteiger partial charge in [-0.2, -0.15) is 0 Å². The van der Waals surface area contributed by atoms with E-state index in [9.17, 15) is 19.8 Å². The number of hydrogen-bond acceptors (Lipinski definition) is 5. The lowest BCUT2D eigenvalue weighted by Crippen LogP contribution is -2.45. The minimum atomic E-state index is -0.851. The van der Waals surface area contributed by atoms with Gasteiger partial charge in [0.2, 0.25) is 5.91 Å². The van der Waals surface area contributed by atoms with E-state index in [2.05, 4.69) is 31.3 Å². The van der Waals surface area contributed by atoms with Crippen LogP contribution in [0.2, 0.25) is 0 Å². The van der Waals surface area contributed by atoms with Gasteiger partial charge in [0.05, 0.1) is 25.4 Å². The van der Waals surface area contributed by atoms with Gasteiger partial charge in [-0.3, -0.25) is 9.59 Å². The molecule has 6 nitrogen and oxygen atoms in total. The van der Waals surface area contributed by atoms with Crippen LogP contribution in [-0.2, 0) is 14.3 Å². The SMILES string of the molecule is CCCCCCCCCCCCCCCCCCCCC/C=C/C(O)C(CO)NC(=O)CCCCCCCCC/C=C\CCCCCCCCCCOC(=O)CCCCCCCCCCCCCCC. The molecule has 0 aliphatic heterocycles. The van der Waals surface area contributed by atoms with E-state index in [1.807, 2.05) is 6.08 Å². The van der Waals surface area contributed by atoms with E-state index in [4.69, 9.17) is 4.74 Å². The second-order valence-corrected chi connectivity index (χ2v) is 21.7. The molecule has 0 aliphatic carbocycles. The standard InChI is InChI=1S/C64H123NO5/c1-3-5-7-9-11-13-15-17-18-19-20-21-23-26-29-33-36-40-44-48-52-56-62(67)61(60-66)65-63(68)57-53-49-45-41-37-34-30-27-24-22-25-28-31-35-39-43-47-51-55-59-70-64(69)58-54-50-46-42-38-32-16-14-12-10-8-6-4-2/h22,24,52,56,61-62,66-67H,3-21,23,25-51,53-55,57-60H2,1-2H3,(H,65,68)/b24-22-,56-52+. The van der Waals surface area contributed by atoms with Crippen LogP contribution in [0.4, 0.5) is 0 Å². The highest BCUT2D eigenvalue weighted by molar-refractivity contribution is 5.76. The number of aliphatic hydroxyl groups is 2. The zero-order valence-corrected chi connectivity index (χ0v) is 47.3. The number of unbranched alkanes of at least 4 members (excludes halogenated alkanes) is 46. The summed E-state index contributed by atoms with van der Waals surface area (Å²) in [7, 11) is 0. The van der Waals surface area contributed by atoms with Gasteiger partial charge >= 0.3 is 5.97 Å². The molecule has 0 aromatic heterocycles. The Kier molecular flexibility index (Phi) is 58.5. The van der Waals surface area contributed by atoms with Crippen molar-refractivity contribution >= 4 is 11.9 Å². The van der Waals surface area contributed by atoms with Crippen LogP contribution in [-0.4, -0.2) is 47.4 Å².